The largest absolute Gasteiger partial charge is 0.467 e. The summed E-state index contributed by atoms with van der Waals surface area (Å²) in [5, 5.41) is 2.74. The van der Waals surface area contributed by atoms with Crippen LogP contribution in [0.3, 0.4) is 0 Å². The summed E-state index contributed by atoms with van der Waals surface area (Å²) in [6, 6.07) is 3.80. The first-order valence-electron chi connectivity index (χ1n) is 7.46. The minimum Gasteiger partial charge on any atom is -0.467 e. The lowest BCUT2D eigenvalue weighted by Crippen LogP contribution is -2.57. The van der Waals surface area contributed by atoms with Gasteiger partial charge in [0.15, 0.2) is 9.84 Å². The van der Waals surface area contributed by atoms with Crippen molar-refractivity contribution < 1.29 is 22.7 Å². The molecular formula is C16H19NO5S. The van der Waals surface area contributed by atoms with Crippen LogP contribution in [0.25, 0.3) is 0 Å². The van der Waals surface area contributed by atoms with Gasteiger partial charge in [0.25, 0.3) is 0 Å². The molecule has 2 aliphatic rings. The van der Waals surface area contributed by atoms with E-state index in [0.717, 1.165) is 22.3 Å². The fourth-order valence-electron chi connectivity index (χ4n) is 3.61. The van der Waals surface area contributed by atoms with Gasteiger partial charge in [-0.15, -0.1) is 0 Å². The van der Waals surface area contributed by atoms with Gasteiger partial charge >= 0.3 is 5.97 Å². The Morgan fingerprint density at radius 1 is 1.13 bits per heavy atom. The van der Waals surface area contributed by atoms with Gasteiger partial charge < -0.3 is 10.1 Å². The van der Waals surface area contributed by atoms with Crippen LogP contribution < -0.4 is 5.32 Å². The van der Waals surface area contributed by atoms with Crippen LogP contribution in [0.2, 0.25) is 0 Å². The molecule has 1 aromatic carbocycles. The van der Waals surface area contributed by atoms with Crippen LogP contribution in [0, 0.1) is 0 Å². The number of esters is 1. The second-order valence-electron chi connectivity index (χ2n) is 6.35. The van der Waals surface area contributed by atoms with Gasteiger partial charge in [-0.3, -0.25) is 4.79 Å². The third-order valence-electron chi connectivity index (χ3n) is 4.58. The molecule has 7 heteroatoms. The molecule has 1 amide bonds. The molecule has 1 heterocycles. The van der Waals surface area contributed by atoms with E-state index in [-0.39, 0.29) is 17.4 Å². The van der Waals surface area contributed by atoms with Crippen molar-refractivity contribution in [1.82, 2.24) is 5.32 Å². The van der Waals surface area contributed by atoms with Crippen LogP contribution in [0.1, 0.15) is 35.6 Å². The highest BCUT2D eigenvalue weighted by Gasteiger charge is 2.43. The molecule has 0 saturated heterocycles. The van der Waals surface area contributed by atoms with E-state index in [0.29, 0.717) is 19.3 Å². The number of fused-ring (bicyclic) bond motifs is 2. The summed E-state index contributed by atoms with van der Waals surface area (Å²) < 4.78 is 28.5. The fourth-order valence-corrected chi connectivity index (χ4v) is 5.20. The number of hydrogen-bond acceptors (Lipinski definition) is 5. The molecule has 0 aromatic heterocycles. The second-order valence-corrected chi connectivity index (χ2v) is 8.42. The minimum atomic E-state index is -3.07. The van der Waals surface area contributed by atoms with Gasteiger partial charge in [0.1, 0.15) is 5.54 Å². The average molecular weight is 337 g/mol. The fraction of sp³-hybridized carbons (Fsp3) is 0.500. The molecule has 0 fully saturated rings. The molecule has 3 rings (SSSR count). The summed E-state index contributed by atoms with van der Waals surface area (Å²) >= 11 is 0. The molecule has 1 atom stereocenters. The molecule has 1 aliphatic heterocycles. The molecule has 1 aromatic rings. The Labute approximate surface area is 135 Å². The van der Waals surface area contributed by atoms with E-state index in [9.17, 15) is 18.0 Å². The molecular weight excluding hydrogens is 318 g/mol. The number of hydrogen-bond donors (Lipinski definition) is 1. The maximum atomic E-state index is 12.2. The lowest BCUT2D eigenvalue weighted by Gasteiger charge is -2.36. The molecule has 1 aliphatic carbocycles. The number of aryl methyl sites for hydroxylation is 1. The van der Waals surface area contributed by atoms with Crippen LogP contribution >= 0.6 is 0 Å². The summed E-state index contributed by atoms with van der Waals surface area (Å²) in [6.07, 6.45) is 1.36. The minimum absolute atomic E-state index is 0.0426. The Bertz CT molecular complexity index is 799. The van der Waals surface area contributed by atoms with E-state index >= 15 is 0 Å². The number of amides is 1. The van der Waals surface area contributed by atoms with Crippen molar-refractivity contribution in [2.24, 2.45) is 0 Å². The second kappa shape index (κ2) is 5.33. The van der Waals surface area contributed by atoms with Crippen molar-refractivity contribution in [1.29, 1.82) is 0 Å². The van der Waals surface area contributed by atoms with Crippen LogP contribution in [0.4, 0.5) is 0 Å². The van der Waals surface area contributed by atoms with Gasteiger partial charge in [-0.05, 0) is 35.1 Å². The Morgan fingerprint density at radius 3 is 2.30 bits per heavy atom. The summed E-state index contributed by atoms with van der Waals surface area (Å²) in [4.78, 5) is 23.8. The third kappa shape index (κ3) is 2.85. The Kier molecular flexibility index (Phi) is 3.71. The van der Waals surface area contributed by atoms with E-state index in [4.69, 9.17) is 4.74 Å². The first-order chi connectivity index (χ1) is 10.7. The Hall–Kier alpha value is -1.89. The molecule has 0 bridgehead atoms. The highest BCUT2D eigenvalue weighted by atomic mass is 32.2. The number of methoxy groups -OCH3 is 1. The predicted molar refractivity (Wildman–Crippen MR) is 83.4 cm³/mol. The van der Waals surface area contributed by atoms with Crippen molar-refractivity contribution in [3.05, 3.63) is 34.4 Å². The van der Waals surface area contributed by atoms with Crippen molar-refractivity contribution >= 4 is 21.7 Å². The number of benzene rings is 1. The van der Waals surface area contributed by atoms with Crippen LogP contribution in [-0.2, 0) is 48.5 Å². The number of carbonyl (C=O) groups is 2. The van der Waals surface area contributed by atoms with Gasteiger partial charge in [0.05, 0.1) is 18.6 Å². The summed E-state index contributed by atoms with van der Waals surface area (Å²) in [5.74, 6) is -0.626. The maximum Gasteiger partial charge on any atom is 0.331 e. The lowest BCUT2D eigenvalue weighted by molar-refractivity contribution is -0.151. The van der Waals surface area contributed by atoms with Gasteiger partial charge in [-0.1, -0.05) is 12.1 Å². The molecule has 0 spiro atoms. The first kappa shape index (κ1) is 16.0. The molecule has 23 heavy (non-hydrogen) atoms. The zero-order chi connectivity index (χ0) is 16.8. The monoisotopic (exact) mass is 337 g/mol. The first-order valence-corrected chi connectivity index (χ1v) is 9.28. The standard InChI is InChI=1S/C16H19NO5S/c1-10(18)17-16(15(19)22-2)4-3-11-5-13-8-23(20,21)9-14(13)6-12(11)7-16/h5-6H,3-4,7-9H2,1-2H3,(H,17,18). The Balaban J connectivity index is 2.00. The van der Waals surface area contributed by atoms with Gasteiger partial charge in [-0.25, -0.2) is 13.2 Å². The normalized spacial score (nSPS) is 24.4. The molecule has 1 unspecified atom stereocenters. The van der Waals surface area contributed by atoms with Crippen molar-refractivity contribution in [2.75, 3.05) is 7.11 Å². The maximum absolute atomic E-state index is 12.2. The van der Waals surface area contributed by atoms with Gasteiger partial charge in [0, 0.05) is 13.3 Å². The van der Waals surface area contributed by atoms with E-state index in [2.05, 4.69) is 5.32 Å². The van der Waals surface area contributed by atoms with Crippen molar-refractivity contribution in [3.63, 3.8) is 0 Å². The van der Waals surface area contributed by atoms with Crippen molar-refractivity contribution in [3.8, 4) is 0 Å². The van der Waals surface area contributed by atoms with Gasteiger partial charge in [0.2, 0.25) is 5.91 Å². The lowest BCUT2D eigenvalue weighted by atomic mass is 9.76. The van der Waals surface area contributed by atoms with E-state index in [1.165, 1.54) is 14.0 Å². The summed E-state index contributed by atoms with van der Waals surface area (Å²) in [6.45, 7) is 1.37. The Morgan fingerprint density at radius 2 is 1.74 bits per heavy atom. The SMILES string of the molecule is COC(=O)C1(NC(C)=O)CCc2cc3c(cc2C1)CS(=O)(=O)C3. The predicted octanol–water partition coefficient (Wildman–Crippen LogP) is 0.652. The molecule has 0 saturated carbocycles. The highest BCUT2D eigenvalue weighted by molar-refractivity contribution is 7.90. The summed E-state index contributed by atoms with van der Waals surface area (Å²) in [5.41, 5.74) is 2.54. The molecule has 124 valence electrons. The molecule has 0 radical (unpaired) electrons. The number of sulfone groups is 1. The summed E-state index contributed by atoms with van der Waals surface area (Å²) in [7, 11) is -1.76. The third-order valence-corrected chi connectivity index (χ3v) is 6.08. The van der Waals surface area contributed by atoms with Crippen LogP contribution in [0.5, 0.6) is 0 Å². The zero-order valence-electron chi connectivity index (χ0n) is 13.1. The topological polar surface area (TPSA) is 89.5 Å². The zero-order valence-corrected chi connectivity index (χ0v) is 14.0. The number of rotatable bonds is 2. The molecule has 6 nitrogen and oxygen atoms in total. The number of ether oxygens (including phenoxy) is 1. The van der Waals surface area contributed by atoms with E-state index in [1.54, 1.807) is 0 Å². The highest BCUT2D eigenvalue weighted by Crippen LogP contribution is 2.35. The quantitative estimate of drug-likeness (QED) is 0.801. The smallest absolute Gasteiger partial charge is 0.331 e. The van der Waals surface area contributed by atoms with Crippen LogP contribution in [-0.4, -0.2) is 32.9 Å². The average Bonchev–Trinajstić information content (AvgIpc) is 2.75. The van der Waals surface area contributed by atoms with E-state index in [1.807, 2.05) is 12.1 Å². The van der Waals surface area contributed by atoms with Crippen LogP contribution in [0.15, 0.2) is 12.1 Å². The van der Waals surface area contributed by atoms with Crippen molar-refractivity contribution in [2.45, 2.75) is 43.2 Å². The molecule has 1 N–H and O–H groups in total. The van der Waals surface area contributed by atoms with E-state index < -0.39 is 21.3 Å². The number of nitrogens with one attached hydrogen (secondary N) is 1. The van der Waals surface area contributed by atoms with Gasteiger partial charge in [-0.2, -0.15) is 0 Å². The number of carbonyl (C=O) groups excluding carboxylic acids is 2.